The van der Waals surface area contributed by atoms with Crippen LogP contribution in [0.1, 0.15) is 41.0 Å². The van der Waals surface area contributed by atoms with Crippen molar-refractivity contribution in [2.45, 2.75) is 42.5 Å². The fraction of sp³-hybridized carbons (Fsp3) is 0.250. The Bertz CT molecular complexity index is 2040. The molecule has 1 fully saturated rings. The average Bonchev–Trinajstić information content (AvgIpc) is 3.07. The summed E-state index contributed by atoms with van der Waals surface area (Å²) in [7, 11) is -3.93. The molecule has 1 N–H and O–H groups in total. The fourth-order valence-electron chi connectivity index (χ4n) is 6.29. The minimum Gasteiger partial charge on any atom is -0.314 e. The van der Waals surface area contributed by atoms with E-state index in [1.807, 2.05) is 12.1 Å². The van der Waals surface area contributed by atoms with Crippen LogP contribution in [-0.4, -0.2) is 54.2 Å². The number of para-hydroxylation sites is 1. The second-order valence-corrected chi connectivity index (χ2v) is 13.8. The highest BCUT2D eigenvalue weighted by Crippen LogP contribution is 2.31. The molecule has 2 aromatic heterocycles. The molecule has 12 heteroatoms. The van der Waals surface area contributed by atoms with Crippen molar-refractivity contribution in [2.24, 2.45) is 0 Å². The van der Waals surface area contributed by atoms with Gasteiger partial charge in [-0.05, 0) is 71.5 Å². The maximum Gasteiger partial charge on any atom is 0.244 e. The number of nitrogens with zero attached hydrogens (tertiary/aromatic N) is 3. The third-order valence-electron chi connectivity index (χ3n) is 8.67. The van der Waals surface area contributed by atoms with E-state index in [1.54, 1.807) is 18.2 Å². The highest BCUT2D eigenvalue weighted by Gasteiger charge is 2.34. The van der Waals surface area contributed by atoms with Crippen LogP contribution in [0.5, 0.6) is 0 Å². The molecule has 6 rings (SSSR count). The number of carbonyl (C=O) groups is 1. The molecule has 5 aromatic rings. The lowest BCUT2D eigenvalue weighted by Crippen LogP contribution is -2.53. The lowest BCUT2D eigenvalue weighted by Gasteiger charge is -2.35. The molecule has 0 spiro atoms. The molecular formula is C36H32F4N4O3S. The Morgan fingerprint density at radius 2 is 1.65 bits per heavy atom. The largest absolute Gasteiger partial charge is 0.314 e. The van der Waals surface area contributed by atoms with Crippen LogP contribution in [0.4, 0.5) is 17.6 Å². The number of Topliss-reactive ketones (excluding diaryl/α,β-unsaturated/α-hetero) is 1. The van der Waals surface area contributed by atoms with Gasteiger partial charge in [-0.2, -0.15) is 4.31 Å². The zero-order chi connectivity index (χ0) is 33.8. The second kappa shape index (κ2) is 14.3. The van der Waals surface area contributed by atoms with Gasteiger partial charge in [-0.25, -0.2) is 26.0 Å². The van der Waals surface area contributed by atoms with Gasteiger partial charge in [0.05, 0.1) is 11.7 Å². The third-order valence-corrected chi connectivity index (χ3v) is 10.6. The Morgan fingerprint density at radius 1 is 0.896 bits per heavy atom. The quantitative estimate of drug-likeness (QED) is 0.170. The SMILES string of the molecule is O=C(Cc1cncc(F)c1CC[C@H]1CNCCN1S(=O)(=O)c1cnc2ccccc2c1)C[C@@H](c1ccc(F)cc1)c1cc(F)cc(F)c1. The number of piperazine rings is 1. The number of benzene rings is 3. The normalized spacial score (nSPS) is 16.2. The number of fused-ring (bicyclic) bond motifs is 1. The van der Waals surface area contributed by atoms with Crippen LogP contribution < -0.4 is 5.32 Å². The minimum atomic E-state index is -3.93. The average molecular weight is 677 g/mol. The number of halogens is 4. The number of pyridine rings is 2. The van der Waals surface area contributed by atoms with Gasteiger partial charge in [0.15, 0.2) is 0 Å². The van der Waals surface area contributed by atoms with Crippen molar-refractivity contribution in [2.75, 3.05) is 19.6 Å². The first-order valence-corrected chi connectivity index (χ1v) is 16.9. The molecule has 1 saturated heterocycles. The summed E-state index contributed by atoms with van der Waals surface area (Å²) in [5.41, 5.74) is 1.94. The van der Waals surface area contributed by atoms with Crippen LogP contribution in [0.25, 0.3) is 10.9 Å². The van der Waals surface area contributed by atoms with Crippen molar-refractivity contribution >= 4 is 26.7 Å². The monoisotopic (exact) mass is 676 g/mol. The first-order chi connectivity index (χ1) is 23.1. The molecule has 0 aliphatic carbocycles. The van der Waals surface area contributed by atoms with E-state index in [4.69, 9.17) is 0 Å². The molecule has 1 aliphatic rings. The van der Waals surface area contributed by atoms with Crippen LogP contribution in [-0.2, 0) is 27.7 Å². The number of ketones is 1. The maximum atomic E-state index is 15.3. The molecule has 0 amide bonds. The van der Waals surface area contributed by atoms with E-state index >= 15 is 4.39 Å². The number of nitrogens with one attached hydrogen (secondary N) is 1. The maximum absolute atomic E-state index is 15.3. The molecule has 0 radical (unpaired) electrons. The van der Waals surface area contributed by atoms with Gasteiger partial charge >= 0.3 is 0 Å². The number of carbonyl (C=O) groups excluding carboxylic acids is 1. The zero-order valence-electron chi connectivity index (χ0n) is 25.8. The van der Waals surface area contributed by atoms with Gasteiger partial charge in [-0.15, -0.1) is 0 Å². The zero-order valence-corrected chi connectivity index (χ0v) is 26.6. The number of hydrogen-bond donors (Lipinski definition) is 1. The van der Waals surface area contributed by atoms with Crippen LogP contribution >= 0.6 is 0 Å². The predicted octanol–water partition coefficient (Wildman–Crippen LogP) is 6.12. The standard InChI is InChI=1S/C36H32F4N4O3S/c37-27-7-5-23(6-8-27)34(25-13-28(38)17-29(39)14-25)18-31(45)15-26-19-42-22-35(40)33(26)10-9-30-20-41-11-12-44(30)48(46,47)32-16-24-3-1-2-4-36(24)43-21-32/h1-8,13-14,16-17,19,21-22,30,34,41H,9-12,15,18,20H2/t30-,34-/m0/s1. The van der Waals surface area contributed by atoms with E-state index in [0.717, 1.165) is 24.4 Å². The fourth-order valence-corrected chi connectivity index (χ4v) is 7.93. The molecule has 3 heterocycles. The number of hydrogen-bond acceptors (Lipinski definition) is 6. The van der Waals surface area contributed by atoms with E-state index in [9.17, 15) is 26.4 Å². The Kier molecular flexibility index (Phi) is 9.95. The molecule has 48 heavy (non-hydrogen) atoms. The highest BCUT2D eigenvalue weighted by atomic mass is 32.2. The van der Waals surface area contributed by atoms with E-state index in [2.05, 4.69) is 15.3 Å². The highest BCUT2D eigenvalue weighted by molar-refractivity contribution is 7.89. The van der Waals surface area contributed by atoms with Crippen LogP contribution in [0.15, 0.2) is 96.3 Å². The summed E-state index contributed by atoms with van der Waals surface area (Å²) in [5.74, 6) is -3.89. The summed E-state index contributed by atoms with van der Waals surface area (Å²) in [4.78, 5) is 21.8. The third kappa shape index (κ3) is 7.46. The van der Waals surface area contributed by atoms with Gasteiger partial charge in [0.25, 0.3) is 0 Å². The molecule has 2 atom stereocenters. The van der Waals surface area contributed by atoms with E-state index in [1.165, 1.54) is 41.0 Å². The molecule has 1 aliphatic heterocycles. The Balaban J connectivity index is 1.21. The lowest BCUT2D eigenvalue weighted by molar-refractivity contribution is -0.118. The van der Waals surface area contributed by atoms with E-state index in [-0.39, 0.29) is 54.0 Å². The first kappa shape index (κ1) is 33.4. The number of aromatic nitrogens is 2. The number of rotatable bonds is 11. The van der Waals surface area contributed by atoms with Gasteiger partial charge in [-0.3, -0.25) is 14.8 Å². The van der Waals surface area contributed by atoms with Gasteiger partial charge < -0.3 is 5.32 Å². The van der Waals surface area contributed by atoms with Crippen LogP contribution in [0, 0.1) is 23.3 Å². The molecule has 0 bridgehead atoms. The topological polar surface area (TPSA) is 92.3 Å². The Morgan fingerprint density at radius 3 is 2.42 bits per heavy atom. The van der Waals surface area contributed by atoms with Gasteiger partial charge in [-0.1, -0.05) is 30.3 Å². The van der Waals surface area contributed by atoms with Gasteiger partial charge in [0, 0.05) is 68.3 Å². The molecule has 0 unspecified atom stereocenters. The van der Waals surface area contributed by atoms with Crippen molar-refractivity contribution < 1.29 is 30.8 Å². The minimum absolute atomic E-state index is 0.0726. The summed E-state index contributed by atoms with van der Waals surface area (Å²) >= 11 is 0. The summed E-state index contributed by atoms with van der Waals surface area (Å²) in [5, 5.41) is 3.92. The van der Waals surface area contributed by atoms with Crippen LogP contribution in [0.2, 0.25) is 0 Å². The molecule has 7 nitrogen and oxygen atoms in total. The van der Waals surface area contributed by atoms with Gasteiger partial charge in [0.1, 0.15) is 33.9 Å². The smallest absolute Gasteiger partial charge is 0.244 e. The molecule has 3 aromatic carbocycles. The predicted molar refractivity (Wildman–Crippen MR) is 173 cm³/mol. The summed E-state index contributed by atoms with van der Waals surface area (Å²) < 4.78 is 86.3. The second-order valence-electron chi connectivity index (χ2n) is 11.9. The molecule has 248 valence electrons. The molecule has 0 saturated carbocycles. The van der Waals surface area contributed by atoms with Crippen molar-refractivity contribution in [3.05, 3.63) is 137 Å². The van der Waals surface area contributed by atoms with Crippen LogP contribution in [0.3, 0.4) is 0 Å². The summed E-state index contributed by atoms with van der Waals surface area (Å²) in [6.07, 6.45) is 3.78. The van der Waals surface area contributed by atoms with Crippen molar-refractivity contribution in [1.29, 1.82) is 0 Å². The van der Waals surface area contributed by atoms with Crippen molar-refractivity contribution in [1.82, 2.24) is 19.6 Å². The van der Waals surface area contributed by atoms with Crippen molar-refractivity contribution in [3.8, 4) is 0 Å². The first-order valence-electron chi connectivity index (χ1n) is 15.5. The molecular weight excluding hydrogens is 644 g/mol. The van der Waals surface area contributed by atoms with E-state index in [0.29, 0.717) is 35.1 Å². The van der Waals surface area contributed by atoms with E-state index < -0.39 is 45.3 Å². The van der Waals surface area contributed by atoms with Gasteiger partial charge in [0.2, 0.25) is 10.0 Å². The summed E-state index contributed by atoms with van der Waals surface area (Å²) in [6.45, 7) is 1.02. The van der Waals surface area contributed by atoms with Crippen molar-refractivity contribution in [3.63, 3.8) is 0 Å². The Hall–Kier alpha value is -4.52. The lowest BCUT2D eigenvalue weighted by atomic mass is 9.85. The number of sulfonamides is 1. The summed E-state index contributed by atoms with van der Waals surface area (Å²) in [6, 6.07) is 16.6. The Labute approximate surface area is 275 Å².